The van der Waals surface area contributed by atoms with Gasteiger partial charge in [-0.15, -0.1) is 0 Å². The molecule has 11 aromatic carbocycles. The zero-order valence-electron chi connectivity index (χ0n) is 35.5. The molecule has 0 amide bonds. The van der Waals surface area contributed by atoms with Gasteiger partial charge in [0.2, 0.25) is 0 Å². The molecule has 0 saturated carbocycles. The van der Waals surface area contributed by atoms with E-state index in [1.165, 1.54) is 76.8 Å². The van der Waals surface area contributed by atoms with Crippen molar-refractivity contribution < 1.29 is 0 Å². The van der Waals surface area contributed by atoms with Crippen molar-refractivity contribution in [1.82, 2.24) is 9.97 Å². The van der Waals surface area contributed by atoms with Crippen LogP contribution in [-0.4, -0.2) is 9.97 Å². The average Bonchev–Trinajstić information content (AvgIpc) is 3.68. The van der Waals surface area contributed by atoms with Crippen LogP contribution in [-0.2, 0) is 5.41 Å². The molecule has 1 heterocycles. The van der Waals surface area contributed by atoms with E-state index in [2.05, 4.69) is 218 Å². The maximum Gasteiger partial charge on any atom is 0.160 e. The third-order valence-corrected chi connectivity index (χ3v) is 13.7. The van der Waals surface area contributed by atoms with E-state index in [-0.39, 0.29) is 0 Å². The number of benzene rings is 11. The summed E-state index contributed by atoms with van der Waals surface area (Å²) in [4.78, 5) is 10.2. The number of fused-ring (bicyclic) bond motifs is 3. The molecule has 2 nitrogen and oxygen atoms in total. The molecule has 0 saturated heterocycles. The predicted octanol–water partition coefficient (Wildman–Crippen LogP) is 16.1. The van der Waals surface area contributed by atoms with Crippen LogP contribution in [0.3, 0.4) is 0 Å². The monoisotopic (exact) mass is 824 g/mol. The SMILES string of the molecule is c1ccc(-c2cc(-c3cccc(-c4ccc5c(c4)C(c4ccccc4)(c4ccccc4)c4cc(-c6ccc7ccc8cccc9ccc6c7c89)ccc4-5)c3)nc(-c3ccccc3)n2)cc1. The van der Waals surface area contributed by atoms with E-state index >= 15 is 0 Å². The first kappa shape index (κ1) is 37.1. The minimum absolute atomic E-state index is 0.581. The number of rotatable bonds is 7. The molecule has 2 heteroatoms. The van der Waals surface area contributed by atoms with E-state index in [1.807, 2.05) is 24.3 Å². The van der Waals surface area contributed by atoms with Gasteiger partial charge in [0.25, 0.3) is 0 Å². The van der Waals surface area contributed by atoms with Crippen molar-refractivity contribution in [1.29, 1.82) is 0 Å². The Hall–Kier alpha value is -8.46. The minimum atomic E-state index is -0.581. The lowest BCUT2D eigenvalue weighted by Crippen LogP contribution is -2.28. The fraction of sp³-hybridized carbons (Fsp3) is 0.0159. The van der Waals surface area contributed by atoms with E-state index in [4.69, 9.17) is 9.97 Å². The maximum atomic E-state index is 5.19. The molecule has 13 rings (SSSR count). The normalized spacial score (nSPS) is 12.7. The maximum absolute atomic E-state index is 5.19. The standard InChI is InChI=1S/C63H40N2/c1-5-15-41(16-6-1)58-40-59(65-62(64-58)45-17-7-2-8-18-45)49-22-14-21-46(37-49)47-31-34-53-54-35-32-48(52-33-29-44-28-27-42-19-13-20-43-30-36-55(52)61(44)60(42)43)39-57(54)63(56(53)38-47,50-23-9-3-10-24-50)51-25-11-4-12-26-51/h1-40H. The Morgan fingerprint density at radius 3 is 1.40 bits per heavy atom. The van der Waals surface area contributed by atoms with Crippen molar-refractivity contribution in [2.24, 2.45) is 0 Å². The van der Waals surface area contributed by atoms with E-state index in [1.54, 1.807) is 0 Å². The van der Waals surface area contributed by atoms with Gasteiger partial charge in [-0.25, -0.2) is 9.97 Å². The fourth-order valence-corrected chi connectivity index (χ4v) is 10.7. The molecular formula is C63H40N2. The van der Waals surface area contributed by atoms with Gasteiger partial charge in [0.05, 0.1) is 16.8 Å². The Morgan fingerprint density at radius 2 is 0.738 bits per heavy atom. The summed E-state index contributed by atoms with van der Waals surface area (Å²) in [6, 6.07) is 88.6. The summed E-state index contributed by atoms with van der Waals surface area (Å²) in [5.74, 6) is 0.708. The molecule has 0 spiro atoms. The third kappa shape index (κ3) is 5.88. The highest BCUT2D eigenvalue weighted by atomic mass is 14.9. The first-order valence-corrected chi connectivity index (χ1v) is 22.4. The lowest BCUT2D eigenvalue weighted by molar-refractivity contribution is 0.769. The Labute approximate surface area is 378 Å². The minimum Gasteiger partial charge on any atom is -0.228 e. The van der Waals surface area contributed by atoms with Gasteiger partial charge in [-0.3, -0.25) is 0 Å². The van der Waals surface area contributed by atoms with Crippen LogP contribution in [0.15, 0.2) is 243 Å². The first-order chi connectivity index (χ1) is 32.2. The van der Waals surface area contributed by atoms with Gasteiger partial charge in [-0.2, -0.15) is 0 Å². The largest absolute Gasteiger partial charge is 0.228 e. The van der Waals surface area contributed by atoms with Crippen LogP contribution in [0.25, 0.3) is 99.6 Å². The molecule has 12 aromatic rings. The second-order valence-corrected chi connectivity index (χ2v) is 17.2. The van der Waals surface area contributed by atoms with E-state index in [0.29, 0.717) is 5.82 Å². The van der Waals surface area contributed by atoms with E-state index in [0.717, 1.165) is 39.2 Å². The molecule has 302 valence electrons. The highest BCUT2D eigenvalue weighted by Crippen LogP contribution is 2.58. The lowest BCUT2D eigenvalue weighted by Gasteiger charge is -2.34. The van der Waals surface area contributed by atoms with Crippen molar-refractivity contribution in [2.45, 2.75) is 5.41 Å². The zero-order chi connectivity index (χ0) is 42.9. The highest BCUT2D eigenvalue weighted by molar-refractivity contribution is 6.25. The summed E-state index contributed by atoms with van der Waals surface area (Å²) in [6.07, 6.45) is 0. The molecule has 65 heavy (non-hydrogen) atoms. The molecule has 1 aliphatic rings. The van der Waals surface area contributed by atoms with Crippen LogP contribution in [0.4, 0.5) is 0 Å². The first-order valence-electron chi connectivity index (χ1n) is 22.4. The molecule has 0 aliphatic heterocycles. The molecule has 0 atom stereocenters. The quantitative estimate of drug-likeness (QED) is 0.150. The van der Waals surface area contributed by atoms with Gasteiger partial charge in [0, 0.05) is 16.7 Å². The summed E-state index contributed by atoms with van der Waals surface area (Å²) in [5, 5.41) is 7.79. The topological polar surface area (TPSA) is 25.8 Å². The summed E-state index contributed by atoms with van der Waals surface area (Å²) in [6.45, 7) is 0. The van der Waals surface area contributed by atoms with Gasteiger partial charge >= 0.3 is 0 Å². The molecule has 0 N–H and O–H groups in total. The van der Waals surface area contributed by atoms with Crippen LogP contribution in [0, 0.1) is 0 Å². The fourth-order valence-electron chi connectivity index (χ4n) is 10.7. The number of hydrogen-bond donors (Lipinski definition) is 0. The smallest absolute Gasteiger partial charge is 0.160 e. The van der Waals surface area contributed by atoms with Crippen LogP contribution in [0.2, 0.25) is 0 Å². The van der Waals surface area contributed by atoms with Crippen LogP contribution >= 0.6 is 0 Å². The number of hydrogen-bond acceptors (Lipinski definition) is 2. The molecule has 0 radical (unpaired) electrons. The van der Waals surface area contributed by atoms with Gasteiger partial charge in [0.1, 0.15) is 0 Å². The van der Waals surface area contributed by atoms with Crippen molar-refractivity contribution >= 4 is 32.3 Å². The Morgan fingerprint density at radius 1 is 0.277 bits per heavy atom. The second-order valence-electron chi connectivity index (χ2n) is 17.2. The van der Waals surface area contributed by atoms with Gasteiger partial charge < -0.3 is 0 Å². The highest BCUT2D eigenvalue weighted by Gasteiger charge is 2.46. The predicted molar refractivity (Wildman–Crippen MR) is 270 cm³/mol. The summed E-state index contributed by atoms with van der Waals surface area (Å²) < 4.78 is 0. The van der Waals surface area contributed by atoms with Gasteiger partial charge in [0.15, 0.2) is 5.82 Å². The third-order valence-electron chi connectivity index (χ3n) is 13.7. The van der Waals surface area contributed by atoms with Gasteiger partial charge in [-0.1, -0.05) is 218 Å². The molecule has 0 bridgehead atoms. The molecule has 0 fully saturated rings. The van der Waals surface area contributed by atoms with Crippen LogP contribution in [0.1, 0.15) is 22.3 Å². The van der Waals surface area contributed by atoms with E-state index in [9.17, 15) is 0 Å². The number of nitrogens with zero attached hydrogens (tertiary/aromatic N) is 2. The van der Waals surface area contributed by atoms with Crippen molar-refractivity contribution in [3.8, 4) is 67.3 Å². The molecular weight excluding hydrogens is 785 g/mol. The molecule has 1 aliphatic carbocycles. The average molecular weight is 825 g/mol. The van der Waals surface area contributed by atoms with Crippen LogP contribution in [0.5, 0.6) is 0 Å². The Balaban J connectivity index is 1.000. The summed E-state index contributed by atoms with van der Waals surface area (Å²) in [5.41, 5.74) is 16.6. The Kier molecular flexibility index (Phi) is 8.47. The van der Waals surface area contributed by atoms with Crippen molar-refractivity contribution in [3.63, 3.8) is 0 Å². The van der Waals surface area contributed by atoms with Crippen molar-refractivity contribution in [2.75, 3.05) is 0 Å². The zero-order valence-corrected chi connectivity index (χ0v) is 35.5. The molecule has 0 unspecified atom stereocenters. The van der Waals surface area contributed by atoms with Crippen LogP contribution < -0.4 is 0 Å². The van der Waals surface area contributed by atoms with Gasteiger partial charge in [-0.05, 0) is 112 Å². The lowest BCUT2D eigenvalue weighted by atomic mass is 9.67. The van der Waals surface area contributed by atoms with Crippen molar-refractivity contribution in [3.05, 3.63) is 265 Å². The summed E-state index contributed by atoms with van der Waals surface area (Å²) >= 11 is 0. The van der Waals surface area contributed by atoms with E-state index < -0.39 is 5.41 Å². The number of aromatic nitrogens is 2. The Bertz CT molecular complexity index is 3630. The second kappa shape index (κ2) is 14.8. The molecule has 1 aromatic heterocycles. The summed E-state index contributed by atoms with van der Waals surface area (Å²) in [7, 11) is 0.